The zero-order valence-corrected chi connectivity index (χ0v) is 10.3. The van der Waals surface area contributed by atoms with Gasteiger partial charge in [-0.15, -0.1) is 0 Å². The molecule has 0 aliphatic carbocycles. The zero-order valence-electron chi connectivity index (χ0n) is 10.3. The van der Waals surface area contributed by atoms with Gasteiger partial charge in [0.2, 0.25) is 0 Å². The molecule has 1 saturated heterocycles. The van der Waals surface area contributed by atoms with Crippen LogP contribution in [0.25, 0.3) is 11.5 Å². The highest BCUT2D eigenvalue weighted by atomic mass is 16.5. The van der Waals surface area contributed by atoms with E-state index in [4.69, 9.17) is 8.94 Å². The minimum absolute atomic E-state index is 0.525. The van der Waals surface area contributed by atoms with E-state index >= 15 is 0 Å². The Kier molecular flexibility index (Phi) is 3.12. The van der Waals surface area contributed by atoms with Crippen molar-refractivity contribution in [2.45, 2.75) is 13.5 Å². The molecule has 3 rings (SSSR count). The monoisotopic (exact) mass is 248 g/mol. The molecule has 0 atom stereocenters. The van der Waals surface area contributed by atoms with Crippen LogP contribution in [0.5, 0.6) is 0 Å². The van der Waals surface area contributed by atoms with E-state index in [2.05, 4.69) is 20.4 Å². The van der Waals surface area contributed by atoms with Crippen molar-refractivity contribution in [3.8, 4) is 11.5 Å². The molecule has 0 unspecified atom stereocenters. The molecule has 1 aliphatic rings. The van der Waals surface area contributed by atoms with Crippen molar-refractivity contribution in [1.82, 2.24) is 20.4 Å². The lowest BCUT2D eigenvalue weighted by Gasteiger charge is -2.25. The molecule has 3 heterocycles. The largest absolute Gasteiger partial charge is 0.469 e. The molecule has 6 heteroatoms. The van der Waals surface area contributed by atoms with Crippen molar-refractivity contribution in [3.05, 3.63) is 23.9 Å². The van der Waals surface area contributed by atoms with Gasteiger partial charge in [0.25, 0.3) is 5.89 Å². The summed E-state index contributed by atoms with van der Waals surface area (Å²) in [7, 11) is 0. The molecule has 96 valence electrons. The van der Waals surface area contributed by atoms with Crippen molar-refractivity contribution in [3.63, 3.8) is 0 Å². The van der Waals surface area contributed by atoms with Gasteiger partial charge in [0.1, 0.15) is 12.0 Å². The Labute approximate surface area is 105 Å². The molecule has 18 heavy (non-hydrogen) atoms. The van der Waals surface area contributed by atoms with E-state index in [1.54, 1.807) is 6.26 Å². The number of rotatable bonds is 3. The third-order valence-electron chi connectivity index (χ3n) is 3.02. The van der Waals surface area contributed by atoms with Gasteiger partial charge in [0.15, 0.2) is 5.82 Å². The van der Waals surface area contributed by atoms with Crippen LogP contribution in [0.4, 0.5) is 0 Å². The lowest BCUT2D eigenvalue weighted by atomic mass is 10.3. The first-order valence-electron chi connectivity index (χ1n) is 6.12. The van der Waals surface area contributed by atoms with E-state index in [1.807, 2.05) is 13.0 Å². The maximum atomic E-state index is 5.24. The topological polar surface area (TPSA) is 67.3 Å². The average Bonchev–Trinajstić information content (AvgIpc) is 2.99. The van der Waals surface area contributed by atoms with Crippen LogP contribution in [0.3, 0.4) is 0 Å². The summed E-state index contributed by atoms with van der Waals surface area (Å²) in [5, 5.41) is 7.32. The lowest BCUT2D eigenvalue weighted by molar-refractivity contribution is 0.225. The summed E-state index contributed by atoms with van der Waals surface area (Å²) in [6, 6.07) is 1.89. The molecule has 1 N–H and O–H groups in total. The number of aryl methyl sites for hydroxylation is 1. The molecule has 0 amide bonds. The Hall–Kier alpha value is -1.66. The van der Waals surface area contributed by atoms with Gasteiger partial charge in [-0.05, 0) is 13.0 Å². The Balaban J connectivity index is 1.69. The maximum absolute atomic E-state index is 5.24. The first-order chi connectivity index (χ1) is 8.81. The van der Waals surface area contributed by atoms with Gasteiger partial charge in [-0.25, -0.2) is 0 Å². The number of aromatic nitrogens is 2. The van der Waals surface area contributed by atoms with Gasteiger partial charge in [-0.2, -0.15) is 4.98 Å². The summed E-state index contributed by atoms with van der Waals surface area (Å²) in [6.45, 7) is 6.71. The second kappa shape index (κ2) is 4.91. The summed E-state index contributed by atoms with van der Waals surface area (Å²) in [5.74, 6) is 2.09. The second-order valence-corrected chi connectivity index (χ2v) is 4.49. The highest BCUT2D eigenvalue weighted by Crippen LogP contribution is 2.20. The van der Waals surface area contributed by atoms with Crippen LogP contribution in [0, 0.1) is 6.92 Å². The van der Waals surface area contributed by atoms with Crippen LogP contribution < -0.4 is 5.32 Å². The molecule has 2 aromatic rings. The predicted molar refractivity (Wildman–Crippen MR) is 64.9 cm³/mol. The van der Waals surface area contributed by atoms with Gasteiger partial charge < -0.3 is 14.3 Å². The summed E-state index contributed by atoms with van der Waals surface area (Å²) >= 11 is 0. The Bertz CT molecular complexity index is 514. The standard InChI is InChI=1S/C12H16N4O2/c1-9-6-10(8-17-9)12-14-11(15-18-12)7-16-4-2-13-3-5-16/h6,8,13H,2-5,7H2,1H3. The summed E-state index contributed by atoms with van der Waals surface area (Å²) in [4.78, 5) is 6.70. The lowest BCUT2D eigenvalue weighted by Crippen LogP contribution is -2.43. The highest BCUT2D eigenvalue weighted by Gasteiger charge is 2.15. The Morgan fingerprint density at radius 2 is 2.22 bits per heavy atom. The van der Waals surface area contributed by atoms with Crippen molar-refractivity contribution >= 4 is 0 Å². The summed E-state index contributed by atoms with van der Waals surface area (Å²) in [5.41, 5.74) is 0.839. The van der Waals surface area contributed by atoms with Gasteiger partial charge in [0.05, 0.1) is 12.1 Å². The normalized spacial score (nSPS) is 17.2. The number of piperazine rings is 1. The quantitative estimate of drug-likeness (QED) is 0.875. The summed E-state index contributed by atoms with van der Waals surface area (Å²) < 4.78 is 10.5. The van der Waals surface area contributed by atoms with E-state index in [9.17, 15) is 0 Å². The molecule has 0 spiro atoms. The molecular formula is C12H16N4O2. The SMILES string of the molecule is Cc1cc(-c2nc(CN3CCNCC3)no2)co1. The zero-order chi connectivity index (χ0) is 12.4. The number of nitrogens with one attached hydrogen (secondary N) is 1. The molecule has 0 bridgehead atoms. The molecule has 0 radical (unpaired) electrons. The predicted octanol–water partition coefficient (Wildman–Crippen LogP) is 1.04. The van der Waals surface area contributed by atoms with E-state index in [0.717, 1.165) is 49.9 Å². The smallest absolute Gasteiger partial charge is 0.261 e. The highest BCUT2D eigenvalue weighted by molar-refractivity contribution is 5.51. The first kappa shape index (κ1) is 11.4. The second-order valence-electron chi connectivity index (χ2n) is 4.49. The van der Waals surface area contributed by atoms with Crippen LogP contribution in [-0.2, 0) is 6.54 Å². The number of furan rings is 1. The van der Waals surface area contributed by atoms with Gasteiger partial charge in [0, 0.05) is 26.2 Å². The molecule has 1 fully saturated rings. The van der Waals surface area contributed by atoms with E-state index in [0.29, 0.717) is 5.89 Å². The van der Waals surface area contributed by atoms with E-state index < -0.39 is 0 Å². The van der Waals surface area contributed by atoms with Crippen LogP contribution in [-0.4, -0.2) is 41.2 Å². The first-order valence-corrected chi connectivity index (χ1v) is 6.12. The maximum Gasteiger partial charge on any atom is 0.261 e. The molecule has 1 aliphatic heterocycles. The fourth-order valence-corrected chi connectivity index (χ4v) is 2.06. The number of hydrogen-bond acceptors (Lipinski definition) is 6. The molecule has 0 saturated carbocycles. The fourth-order valence-electron chi connectivity index (χ4n) is 2.06. The van der Waals surface area contributed by atoms with Gasteiger partial charge in [-0.1, -0.05) is 5.16 Å². The minimum Gasteiger partial charge on any atom is -0.469 e. The van der Waals surface area contributed by atoms with E-state index in [1.165, 1.54) is 0 Å². The number of nitrogens with zero attached hydrogens (tertiary/aromatic N) is 3. The minimum atomic E-state index is 0.525. The third-order valence-corrected chi connectivity index (χ3v) is 3.02. The van der Waals surface area contributed by atoms with Crippen molar-refractivity contribution in [2.75, 3.05) is 26.2 Å². The van der Waals surface area contributed by atoms with Crippen LogP contribution in [0.1, 0.15) is 11.6 Å². The van der Waals surface area contributed by atoms with Gasteiger partial charge in [-0.3, -0.25) is 4.90 Å². The Morgan fingerprint density at radius 3 is 2.94 bits per heavy atom. The Morgan fingerprint density at radius 1 is 1.39 bits per heavy atom. The van der Waals surface area contributed by atoms with Gasteiger partial charge >= 0.3 is 0 Å². The average molecular weight is 248 g/mol. The van der Waals surface area contributed by atoms with Crippen LogP contribution in [0.15, 0.2) is 21.3 Å². The fraction of sp³-hybridized carbons (Fsp3) is 0.500. The molecule has 6 nitrogen and oxygen atoms in total. The molecule has 0 aromatic carbocycles. The van der Waals surface area contributed by atoms with E-state index in [-0.39, 0.29) is 0 Å². The summed E-state index contributed by atoms with van der Waals surface area (Å²) in [6.07, 6.45) is 1.64. The molecular weight excluding hydrogens is 232 g/mol. The number of hydrogen-bond donors (Lipinski definition) is 1. The van der Waals surface area contributed by atoms with Crippen molar-refractivity contribution < 1.29 is 8.94 Å². The van der Waals surface area contributed by atoms with Crippen molar-refractivity contribution in [1.29, 1.82) is 0 Å². The van der Waals surface area contributed by atoms with Crippen LogP contribution >= 0.6 is 0 Å². The van der Waals surface area contributed by atoms with Crippen LogP contribution in [0.2, 0.25) is 0 Å². The van der Waals surface area contributed by atoms with Crippen molar-refractivity contribution in [2.24, 2.45) is 0 Å². The molecule has 2 aromatic heterocycles. The third kappa shape index (κ3) is 2.44.